The molecule has 0 amide bonds. The fraction of sp³-hybridized carbons (Fsp3) is 0.353. The molecule has 2 aromatic rings. The smallest absolute Gasteiger partial charge is 0.333 e. The summed E-state index contributed by atoms with van der Waals surface area (Å²) in [7, 11) is 0. The van der Waals surface area contributed by atoms with Crippen LogP contribution >= 0.6 is 15.9 Å². The first-order valence-electron chi connectivity index (χ1n) is 7.42. The number of cyclic esters (lactones) is 2. The standard InChI is InChI=1S/C17H15BrFNO4/c1-4-17(14(21)23-16(2,3)24-15(17)22)13-12-9(5-6-20-13)7-10(18)8-11(12)19/h5-8H,4H2,1-3H3. The molecule has 0 N–H and O–H groups in total. The topological polar surface area (TPSA) is 65.5 Å². The van der Waals surface area contributed by atoms with E-state index in [4.69, 9.17) is 9.47 Å². The molecule has 24 heavy (non-hydrogen) atoms. The Bertz CT molecular complexity index is 845. The molecule has 0 radical (unpaired) electrons. The maximum Gasteiger partial charge on any atom is 0.333 e. The van der Waals surface area contributed by atoms with E-state index in [0.717, 1.165) is 0 Å². The van der Waals surface area contributed by atoms with Gasteiger partial charge in [0.25, 0.3) is 5.79 Å². The van der Waals surface area contributed by atoms with Crippen molar-refractivity contribution >= 4 is 38.6 Å². The van der Waals surface area contributed by atoms with E-state index in [1.54, 1.807) is 19.1 Å². The number of aromatic nitrogens is 1. The summed E-state index contributed by atoms with van der Waals surface area (Å²) in [6.07, 6.45) is 1.48. The van der Waals surface area contributed by atoms with Crippen molar-refractivity contribution in [2.45, 2.75) is 38.4 Å². The van der Waals surface area contributed by atoms with Gasteiger partial charge in [0.05, 0.1) is 5.69 Å². The van der Waals surface area contributed by atoms with Gasteiger partial charge in [0.1, 0.15) is 5.82 Å². The molecule has 0 aliphatic carbocycles. The summed E-state index contributed by atoms with van der Waals surface area (Å²) in [5.41, 5.74) is -1.78. The first kappa shape index (κ1) is 16.8. The lowest BCUT2D eigenvalue weighted by atomic mass is 9.78. The van der Waals surface area contributed by atoms with Crippen LogP contribution in [-0.2, 0) is 24.5 Å². The molecule has 7 heteroatoms. The number of benzene rings is 1. The SMILES string of the molecule is CCC1(c2nccc3cc(Br)cc(F)c23)C(=O)OC(C)(C)OC1=O. The lowest BCUT2D eigenvalue weighted by molar-refractivity contribution is -0.243. The Labute approximate surface area is 146 Å². The second-order valence-corrected chi connectivity index (χ2v) is 7.00. The van der Waals surface area contributed by atoms with Gasteiger partial charge in [-0.2, -0.15) is 0 Å². The normalized spacial score (nSPS) is 19.0. The zero-order valence-corrected chi connectivity index (χ0v) is 14.9. The van der Waals surface area contributed by atoms with Gasteiger partial charge in [0, 0.05) is 29.9 Å². The molecule has 0 bridgehead atoms. The van der Waals surface area contributed by atoms with E-state index in [2.05, 4.69) is 20.9 Å². The van der Waals surface area contributed by atoms with E-state index >= 15 is 0 Å². The average Bonchev–Trinajstić information content (AvgIpc) is 2.45. The van der Waals surface area contributed by atoms with Crippen LogP contribution in [0.3, 0.4) is 0 Å². The zero-order chi connectivity index (χ0) is 17.7. The number of fused-ring (bicyclic) bond motifs is 1. The van der Waals surface area contributed by atoms with Crippen LogP contribution in [-0.4, -0.2) is 22.7 Å². The molecular formula is C17H15BrFNO4. The minimum atomic E-state index is -1.79. The van der Waals surface area contributed by atoms with Crippen LogP contribution in [0.5, 0.6) is 0 Å². The molecule has 1 saturated heterocycles. The van der Waals surface area contributed by atoms with Gasteiger partial charge in [-0.05, 0) is 30.0 Å². The van der Waals surface area contributed by atoms with Gasteiger partial charge >= 0.3 is 11.9 Å². The third-order valence-corrected chi connectivity index (χ3v) is 4.55. The van der Waals surface area contributed by atoms with Gasteiger partial charge in [0.15, 0.2) is 0 Å². The van der Waals surface area contributed by atoms with E-state index in [9.17, 15) is 14.0 Å². The molecule has 1 aliphatic rings. The summed E-state index contributed by atoms with van der Waals surface area (Å²) in [4.78, 5) is 29.6. The molecule has 0 atom stereocenters. The second kappa shape index (κ2) is 5.51. The molecule has 0 unspecified atom stereocenters. The van der Waals surface area contributed by atoms with E-state index in [1.165, 1.54) is 26.1 Å². The highest BCUT2D eigenvalue weighted by molar-refractivity contribution is 9.10. The molecule has 5 nitrogen and oxygen atoms in total. The number of esters is 2. The van der Waals surface area contributed by atoms with Crippen LogP contribution in [0.2, 0.25) is 0 Å². The lowest BCUT2D eigenvalue weighted by Crippen LogP contribution is -2.56. The molecular weight excluding hydrogens is 381 g/mol. The van der Waals surface area contributed by atoms with Crippen molar-refractivity contribution in [1.82, 2.24) is 4.98 Å². The Kier molecular flexibility index (Phi) is 3.86. The number of hydrogen-bond acceptors (Lipinski definition) is 5. The maximum atomic E-state index is 14.6. The predicted octanol–water partition coefficient (Wildman–Crippen LogP) is 3.62. The van der Waals surface area contributed by atoms with Crippen molar-refractivity contribution in [3.63, 3.8) is 0 Å². The molecule has 0 spiro atoms. The number of halogens is 2. The molecule has 1 fully saturated rings. The van der Waals surface area contributed by atoms with Crippen LogP contribution in [0.4, 0.5) is 4.39 Å². The third-order valence-electron chi connectivity index (χ3n) is 4.09. The third kappa shape index (κ3) is 2.38. The molecule has 3 rings (SSSR count). The van der Waals surface area contributed by atoms with Crippen molar-refractivity contribution in [3.05, 3.63) is 40.4 Å². The van der Waals surface area contributed by atoms with Crippen molar-refractivity contribution in [3.8, 4) is 0 Å². The van der Waals surface area contributed by atoms with E-state index in [1.807, 2.05) is 0 Å². The number of carbonyl (C=O) groups is 2. The highest BCUT2D eigenvalue weighted by Gasteiger charge is 2.58. The second-order valence-electron chi connectivity index (χ2n) is 6.08. The first-order valence-corrected chi connectivity index (χ1v) is 8.21. The van der Waals surface area contributed by atoms with Crippen molar-refractivity contribution in [2.24, 2.45) is 0 Å². The van der Waals surface area contributed by atoms with Crippen LogP contribution in [0.15, 0.2) is 28.9 Å². The molecule has 1 aliphatic heterocycles. The average molecular weight is 396 g/mol. The number of rotatable bonds is 2. The highest BCUT2D eigenvalue weighted by Crippen LogP contribution is 2.41. The Hall–Kier alpha value is -2.02. The Morgan fingerprint density at radius 2 is 1.83 bits per heavy atom. The number of pyridine rings is 1. The van der Waals surface area contributed by atoms with Gasteiger partial charge in [-0.25, -0.2) is 4.39 Å². The summed E-state index contributed by atoms with van der Waals surface area (Å²) >= 11 is 3.23. The van der Waals surface area contributed by atoms with Gasteiger partial charge in [0.2, 0.25) is 5.41 Å². The molecule has 1 aromatic carbocycles. The van der Waals surface area contributed by atoms with Crippen LogP contribution < -0.4 is 0 Å². The minimum absolute atomic E-state index is 0.0120. The molecule has 0 saturated carbocycles. The summed E-state index contributed by atoms with van der Waals surface area (Å²) in [5, 5.41) is 0.626. The first-order chi connectivity index (χ1) is 11.2. The highest BCUT2D eigenvalue weighted by atomic mass is 79.9. The monoisotopic (exact) mass is 395 g/mol. The minimum Gasteiger partial charge on any atom is -0.422 e. The van der Waals surface area contributed by atoms with Crippen LogP contribution in [0.1, 0.15) is 32.9 Å². The van der Waals surface area contributed by atoms with Crippen molar-refractivity contribution < 1.29 is 23.5 Å². The lowest BCUT2D eigenvalue weighted by Gasteiger charge is -2.39. The Morgan fingerprint density at radius 3 is 2.42 bits per heavy atom. The van der Waals surface area contributed by atoms with Crippen LogP contribution in [0.25, 0.3) is 10.8 Å². The summed E-state index contributed by atoms with van der Waals surface area (Å²) in [5.74, 6) is -3.51. The van der Waals surface area contributed by atoms with E-state index in [0.29, 0.717) is 9.86 Å². The quantitative estimate of drug-likeness (QED) is 0.573. The van der Waals surface area contributed by atoms with E-state index in [-0.39, 0.29) is 17.5 Å². The number of ether oxygens (including phenoxy) is 2. The van der Waals surface area contributed by atoms with Gasteiger partial charge in [-0.15, -0.1) is 0 Å². The summed E-state index contributed by atoms with van der Waals surface area (Å²) in [6, 6.07) is 4.57. The van der Waals surface area contributed by atoms with Crippen LogP contribution in [0, 0.1) is 5.82 Å². The number of nitrogens with zero attached hydrogens (tertiary/aromatic N) is 1. The number of carbonyl (C=O) groups excluding carboxylic acids is 2. The Morgan fingerprint density at radius 1 is 1.21 bits per heavy atom. The Balaban J connectivity index is 2.32. The van der Waals surface area contributed by atoms with Gasteiger partial charge in [-0.1, -0.05) is 22.9 Å². The zero-order valence-electron chi connectivity index (χ0n) is 13.4. The van der Waals surface area contributed by atoms with Crippen molar-refractivity contribution in [1.29, 1.82) is 0 Å². The molecule has 126 valence electrons. The largest absolute Gasteiger partial charge is 0.422 e. The van der Waals surface area contributed by atoms with Gasteiger partial charge in [-0.3, -0.25) is 14.6 Å². The summed E-state index contributed by atoms with van der Waals surface area (Å²) < 4.78 is 25.7. The fourth-order valence-electron chi connectivity index (χ4n) is 2.93. The molecule has 2 heterocycles. The summed E-state index contributed by atoms with van der Waals surface area (Å²) in [6.45, 7) is 4.57. The van der Waals surface area contributed by atoms with Gasteiger partial charge < -0.3 is 9.47 Å². The predicted molar refractivity (Wildman–Crippen MR) is 87.6 cm³/mol. The number of hydrogen-bond donors (Lipinski definition) is 0. The maximum absolute atomic E-state index is 14.6. The van der Waals surface area contributed by atoms with Crippen molar-refractivity contribution in [2.75, 3.05) is 0 Å². The fourth-order valence-corrected chi connectivity index (χ4v) is 3.38. The molecule has 1 aromatic heterocycles. The van der Waals surface area contributed by atoms with E-state index < -0.39 is 29.0 Å².